The number of aromatic nitrogens is 4. The molecule has 10 heteroatoms. The van der Waals surface area contributed by atoms with E-state index in [1.165, 1.54) is 7.11 Å². The number of amides is 1. The number of carbonyl (C=O) groups excluding carboxylic acids is 2. The molecule has 2 N–H and O–H groups in total. The number of nitrogens with zero attached hydrogens (tertiary/aromatic N) is 4. The minimum Gasteiger partial charge on any atom is -0.467 e. The molecular weight excluding hydrogens is 420 g/mol. The molecule has 1 atom stereocenters. The average molecular weight is 445 g/mol. The monoisotopic (exact) mass is 444 g/mol. The van der Waals surface area contributed by atoms with Gasteiger partial charge in [0.05, 0.1) is 7.11 Å². The molecule has 9 nitrogen and oxygen atoms in total. The molecule has 0 aliphatic carbocycles. The number of anilines is 1. The Morgan fingerprint density at radius 3 is 2.65 bits per heavy atom. The first kappa shape index (κ1) is 22.5. The molecule has 0 radical (unpaired) electrons. The van der Waals surface area contributed by atoms with Crippen molar-refractivity contribution in [3.05, 3.63) is 52.8 Å². The van der Waals surface area contributed by atoms with Crippen LogP contribution in [0, 0.1) is 5.92 Å². The minimum atomic E-state index is -0.689. The Hall–Kier alpha value is -3.20. The van der Waals surface area contributed by atoms with Gasteiger partial charge in [0.15, 0.2) is 11.5 Å². The number of hydrogen-bond acceptors (Lipinski definition) is 7. The zero-order chi connectivity index (χ0) is 22.4. The summed E-state index contributed by atoms with van der Waals surface area (Å²) in [6.07, 6.45) is 0.458. The average Bonchev–Trinajstić information content (AvgIpc) is 3.17. The number of carbonyl (C=O) groups is 2. The molecule has 0 spiro atoms. The molecule has 0 aliphatic heterocycles. The third-order valence-corrected chi connectivity index (χ3v) is 5.13. The number of rotatable bonds is 9. The topological polar surface area (TPSA) is 111 Å². The number of aryl methyl sites for hydroxylation is 1. The molecule has 0 saturated heterocycles. The van der Waals surface area contributed by atoms with E-state index < -0.39 is 12.0 Å². The predicted molar refractivity (Wildman–Crippen MR) is 117 cm³/mol. The highest BCUT2D eigenvalue weighted by molar-refractivity contribution is 6.31. The van der Waals surface area contributed by atoms with Gasteiger partial charge in [0.2, 0.25) is 5.91 Å². The third-order valence-electron chi connectivity index (χ3n) is 4.76. The first-order valence-electron chi connectivity index (χ1n) is 9.95. The van der Waals surface area contributed by atoms with E-state index in [9.17, 15) is 9.59 Å². The second-order valence-corrected chi connectivity index (χ2v) is 7.77. The Labute approximate surface area is 185 Å². The number of esters is 1. The lowest BCUT2D eigenvalue weighted by Crippen LogP contribution is -2.45. The van der Waals surface area contributed by atoms with Crippen molar-refractivity contribution in [3.8, 4) is 0 Å². The minimum absolute atomic E-state index is 0.0845. The summed E-state index contributed by atoms with van der Waals surface area (Å²) < 4.78 is 6.35. The molecule has 3 rings (SSSR count). The summed E-state index contributed by atoms with van der Waals surface area (Å²) in [5, 5.41) is 19.4. The van der Waals surface area contributed by atoms with Crippen molar-refractivity contribution >= 4 is 34.9 Å². The van der Waals surface area contributed by atoms with Crippen LogP contribution in [0.5, 0.6) is 0 Å². The SMILES string of the molecule is COC(=O)[C@H](NC(=O)CCc1nnc2ccc(NCc3ccccc3Cl)nn12)C(C)C. The molecule has 31 heavy (non-hydrogen) atoms. The highest BCUT2D eigenvalue weighted by Gasteiger charge is 2.24. The van der Waals surface area contributed by atoms with Crippen LogP contribution in [0.3, 0.4) is 0 Å². The fraction of sp³-hybridized carbons (Fsp3) is 0.381. The molecule has 1 aromatic carbocycles. The van der Waals surface area contributed by atoms with Gasteiger partial charge in [0, 0.05) is 24.4 Å². The summed E-state index contributed by atoms with van der Waals surface area (Å²) >= 11 is 6.20. The zero-order valence-electron chi connectivity index (χ0n) is 17.6. The summed E-state index contributed by atoms with van der Waals surface area (Å²) in [6.45, 7) is 4.20. The van der Waals surface area contributed by atoms with Crippen LogP contribution in [-0.4, -0.2) is 44.8 Å². The maximum atomic E-state index is 12.3. The molecule has 2 heterocycles. The molecule has 0 aliphatic rings. The Bertz CT molecular complexity index is 1070. The highest BCUT2D eigenvalue weighted by Crippen LogP contribution is 2.17. The van der Waals surface area contributed by atoms with E-state index in [1.807, 2.05) is 38.1 Å². The summed E-state index contributed by atoms with van der Waals surface area (Å²) in [5.74, 6) is 0.356. The smallest absolute Gasteiger partial charge is 0.328 e. The van der Waals surface area contributed by atoms with Crippen molar-refractivity contribution in [2.24, 2.45) is 5.92 Å². The standard InChI is InChI=1S/C21H25ClN6O3/c1-13(2)20(21(30)31-3)24-19(29)11-10-18-26-25-17-9-8-16(27-28(17)18)23-12-14-6-4-5-7-15(14)22/h4-9,13,20H,10-12H2,1-3H3,(H,23,27)(H,24,29)/t20-/m1/s1. The Kier molecular flexibility index (Phi) is 7.41. The van der Waals surface area contributed by atoms with Crippen LogP contribution in [0.1, 0.15) is 31.7 Å². The summed E-state index contributed by atoms with van der Waals surface area (Å²) in [4.78, 5) is 24.2. The number of nitrogens with one attached hydrogen (secondary N) is 2. The van der Waals surface area contributed by atoms with Gasteiger partial charge < -0.3 is 15.4 Å². The quantitative estimate of drug-likeness (QED) is 0.488. The molecule has 1 amide bonds. The van der Waals surface area contributed by atoms with Crippen molar-refractivity contribution in [2.45, 2.75) is 39.3 Å². The van der Waals surface area contributed by atoms with Gasteiger partial charge in [-0.05, 0) is 29.7 Å². The van der Waals surface area contributed by atoms with Crippen molar-refractivity contribution < 1.29 is 14.3 Å². The van der Waals surface area contributed by atoms with Crippen molar-refractivity contribution in [1.82, 2.24) is 25.1 Å². The number of ether oxygens (including phenoxy) is 1. The van der Waals surface area contributed by atoms with Gasteiger partial charge in [0.25, 0.3) is 0 Å². The number of benzene rings is 1. The molecule has 164 valence electrons. The molecule has 0 fully saturated rings. The fourth-order valence-corrected chi connectivity index (χ4v) is 3.21. The second-order valence-electron chi connectivity index (χ2n) is 7.36. The lowest BCUT2D eigenvalue weighted by atomic mass is 10.0. The van der Waals surface area contributed by atoms with Gasteiger partial charge in [-0.15, -0.1) is 15.3 Å². The van der Waals surface area contributed by atoms with Crippen molar-refractivity contribution in [1.29, 1.82) is 0 Å². The number of fused-ring (bicyclic) bond motifs is 1. The second kappa shape index (κ2) is 10.2. The van der Waals surface area contributed by atoms with Crippen LogP contribution >= 0.6 is 11.6 Å². The first-order valence-corrected chi connectivity index (χ1v) is 10.3. The van der Waals surface area contributed by atoms with Crippen LogP contribution in [0.15, 0.2) is 36.4 Å². The number of hydrogen-bond donors (Lipinski definition) is 2. The molecular formula is C21H25ClN6O3. The van der Waals surface area contributed by atoms with E-state index in [1.54, 1.807) is 16.6 Å². The van der Waals surface area contributed by atoms with Gasteiger partial charge in [-0.25, -0.2) is 4.79 Å². The van der Waals surface area contributed by atoms with Gasteiger partial charge >= 0.3 is 5.97 Å². The van der Waals surface area contributed by atoms with Crippen LogP contribution in [0.25, 0.3) is 5.65 Å². The highest BCUT2D eigenvalue weighted by atomic mass is 35.5. The van der Waals surface area contributed by atoms with E-state index in [-0.39, 0.29) is 18.2 Å². The first-order chi connectivity index (χ1) is 14.9. The van der Waals surface area contributed by atoms with Gasteiger partial charge in [0.1, 0.15) is 11.9 Å². The lowest BCUT2D eigenvalue weighted by Gasteiger charge is -2.19. The molecule has 0 saturated carbocycles. The van der Waals surface area contributed by atoms with Gasteiger partial charge in [-0.3, -0.25) is 4.79 Å². The maximum Gasteiger partial charge on any atom is 0.328 e. The van der Waals surface area contributed by atoms with E-state index in [4.69, 9.17) is 16.3 Å². The summed E-state index contributed by atoms with van der Waals surface area (Å²) in [5.41, 5.74) is 1.53. The van der Waals surface area contributed by atoms with E-state index in [0.717, 1.165) is 5.56 Å². The van der Waals surface area contributed by atoms with Crippen LogP contribution in [0.4, 0.5) is 5.82 Å². The summed E-state index contributed by atoms with van der Waals surface area (Å²) in [7, 11) is 1.30. The molecule has 3 aromatic rings. The van der Waals surface area contributed by atoms with E-state index >= 15 is 0 Å². The maximum absolute atomic E-state index is 12.3. The largest absolute Gasteiger partial charge is 0.467 e. The van der Waals surface area contributed by atoms with Crippen LogP contribution < -0.4 is 10.6 Å². The Balaban J connectivity index is 1.64. The van der Waals surface area contributed by atoms with E-state index in [2.05, 4.69) is 25.9 Å². The van der Waals surface area contributed by atoms with Gasteiger partial charge in [-0.2, -0.15) is 4.52 Å². The number of methoxy groups -OCH3 is 1. The van der Waals surface area contributed by atoms with Crippen LogP contribution in [-0.2, 0) is 27.3 Å². The normalized spacial score (nSPS) is 12.0. The predicted octanol–water partition coefficient (Wildman–Crippen LogP) is 2.64. The fourth-order valence-electron chi connectivity index (χ4n) is 3.01. The lowest BCUT2D eigenvalue weighted by molar-refractivity contribution is -0.146. The zero-order valence-corrected chi connectivity index (χ0v) is 18.4. The molecule has 0 unspecified atom stereocenters. The molecule has 2 aromatic heterocycles. The number of halogens is 1. The van der Waals surface area contributed by atoms with E-state index in [0.29, 0.717) is 35.3 Å². The Morgan fingerprint density at radius 1 is 1.16 bits per heavy atom. The van der Waals surface area contributed by atoms with Crippen LogP contribution in [0.2, 0.25) is 5.02 Å². The van der Waals surface area contributed by atoms with Crippen molar-refractivity contribution in [2.75, 3.05) is 12.4 Å². The molecule has 0 bridgehead atoms. The third kappa shape index (κ3) is 5.69. The van der Waals surface area contributed by atoms with Gasteiger partial charge in [-0.1, -0.05) is 43.6 Å². The van der Waals surface area contributed by atoms with Crippen molar-refractivity contribution in [3.63, 3.8) is 0 Å². The Morgan fingerprint density at radius 2 is 1.94 bits per heavy atom. The summed E-state index contributed by atoms with van der Waals surface area (Å²) in [6, 6.07) is 10.5.